The SMILES string of the molecule is CC.O=[N+]([O-])c1ccc(Br)cc1NC1CCCCC1. The number of benzene rings is 1. The zero-order valence-electron chi connectivity index (χ0n) is 11.5. The standard InChI is InChI=1S/C12H15BrN2O2.C2H6/c13-9-6-7-12(15(16)17)11(8-9)14-10-4-2-1-3-5-10;1-2/h6-8,10,14H,1-5H2;1-2H3. The molecule has 0 spiro atoms. The Morgan fingerprint density at radius 1 is 1.26 bits per heavy atom. The minimum Gasteiger partial charge on any atom is -0.377 e. The highest BCUT2D eigenvalue weighted by Gasteiger charge is 2.19. The number of hydrogen-bond donors (Lipinski definition) is 1. The molecule has 0 amide bonds. The molecule has 0 radical (unpaired) electrons. The van der Waals surface area contributed by atoms with E-state index in [-0.39, 0.29) is 10.6 Å². The van der Waals surface area contributed by atoms with E-state index in [1.54, 1.807) is 12.1 Å². The lowest BCUT2D eigenvalue weighted by atomic mass is 9.95. The largest absolute Gasteiger partial charge is 0.377 e. The van der Waals surface area contributed by atoms with Gasteiger partial charge in [0, 0.05) is 16.6 Å². The summed E-state index contributed by atoms with van der Waals surface area (Å²) in [6, 6.07) is 5.39. The van der Waals surface area contributed by atoms with E-state index in [9.17, 15) is 10.1 Å². The zero-order valence-corrected chi connectivity index (χ0v) is 13.1. The molecular formula is C14H21BrN2O2. The molecule has 1 saturated carbocycles. The van der Waals surface area contributed by atoms with Gasteiger partial charge < -0.3 is 5.32 Å². The predicted octanol–water partition coefficient (Wildman–Crippen LogP) is 5.13. The average molecular weight is 329 g/mol. The molecule has 0 aromatic heterocycles. The van der Waals surface area contributed by atoms with Crippen LogP contribution in [0.15, 0.2) is 22.7 Å². The van der Waals surface area contributed by atoms with Crippen molar-refractivity contribution in [2.45, 2.75) is 52.0 Å². The molecule has 2 rings (SSSR count). The van der Waals surface area contributed by atoms with E-state index >= 15 is 0 Å². The van der Waals surface area contributed by atoms with Crippen molar-refractivity contribution < 1.29 is 4.92 Å². The number of nitrogens with zero attached hydrogens (tertiary/aromatic N) is 1. The molecule has 1 aromatic carbocycles. The van der Waals surface area contributed by atoms with Gasteiger partial charge in [0.05, 0.1) is 4.92 Å². The van der Waals surface area contributed by atoms with Crippen LogP contribution in [0.4, 0.5) is 11.4 Å². The van der Waals surface area contributed by atoms with Crippen molar-refractivity contribution in [1.29, 1.82) is 0 Å². The van der Waals surface area contributed by atoms with E-state index in [0.717, 1.165) is 17.3 Å². The third kappa shape index (κ3) is 4.82. The molecule has 0 heterocycles. The second-order valence-corrected chi connectivity index (χ2v) is 5.31. The van der Waals surface area contributed by atoms with Crippen LogP contribution in [-0.2, 0) is 0 Å². The smallest absolute Gasteiger partial charge is 0.292 e. The van der Waals surface area contributed by atoms with Gasteiger partial charge in [-0.1, -0.05) is 49.0 Å². The minimum atomic E-state index is -0.336. The first-order valence-electron chi connectivity index (χ1n) is 6.87. The molecule has 1 fully saturated rings. The van der Waals surface area contributed by atoms with Crippen LogP contribution in [0.1, 0.15) is 46.0 Å². The fourth-order valence-electron chi connectivity index (χ4n) is 2.25. The summed E-state index contributed by atoms with van der Waals surface area (Å²) in [5, 5.41) is 14.2. The number of halogens is 1. The lowest BCUT2D eigenvalue weighted by Crippen LogP contribution is -2.22. The lowest BCUT2D eigenvalue weighted by molar-refractivity contribution is -0.384. The fraction of sp³-hybridized carbons (Fsp3) is 0.571. The van der Waals surface area contributed by atoms with E-state index in [4.69, 9.17) is 0 Å². The van der Waals surface area contributed by atoms with Crippen molar-refractivity contribution in [3.05, 3.63) is 32.8 Å². The Morgan fingerprint density at radius 2 is 1.89 bits per heavy atom. The van der Waals surface area contributed by atoms with E-state index in [2.05, 4.69) is 21.2 Å². The van der Waals surface area contributed by atoms with Crippen LogP contribution in [0.25, 0.3) is 0 Å². The number of hydrogen-bond acceptors (Lipinski definition) is 3. The topological polar surface area (TPSA) is 55.2 Å². The number of nitro groups is 1. The summed E-state index contributed by atoms with van der Waals surface area (Å²) in [6.07, 6.45) is 5.89. The van der Waals surface area contributed by atoms with Crippen LogP contribution < -0.4 is 5.32 Å². The van der Waals surface area contributed by atoms with Crippen molar-refractivity contribution in [1.82, 2.24) is 0 Å². The number of anilines is 1. The summed E-state index contributed by atoms with van der Waals surface area (Å²) in [5.41, 5.74) is 0.773. The quantitative estimate of drug-likeness (QED) is 0.618. The number of nitrogens with one attached hydrogen (secondary N) is 1. The van der Waals surface area contributed by atoms with Gasteiger partial charge in [0.2, 0.25) is 0 Å². The van der Waals surface area contributed by atoms with Gasteiger partial charge in [0.25, 0.3) is 5.69 Å². The van der Waals surface area contributed by atoms with Gasteiger partial charge >= 0.3 is 0 Å². The van der Waals surface area contributed by atoms with Gasteiger partial charge in [-0.3, -0.25) is 10.1 Å². The molecular weight excluding hydrogens is 308 g/mol. The highest BCUT2D eigenvalue weighted by atomic mass is 79.9. The summed E-state index contributed by atoms with van der Waals surface area (Å²) < 4.78 is 0.862. The van der Waals surface area contributed by atoms with E-state index < -0.39 is 0 Å². The molecule has 0 unspecified atom stereocenters. The Hall–Kier alpha value is -1.10. The van der Waals surface area contributed by atoms with E-state index in [1.165, 1.54) is 25.3 Å². The Kier molecular flexibility index (Phi) is 6.84. The van der Waals surface area contributed by atoms with E-state index in [0.29, 0.717) is 11.7 Å². The van der Waals surface area contributed by atoms with E-state index in [1.807, 2.05) is 13.8 Å². The first kappa shape index (κ1) is 16.0. The summed E-state index contributed by atoms with van der Waals surface area (Å²) in [4.78, 5) is 10.6. The molecule has 0 atom stereocenters. The van der Waals surface area contributed by atoms with Gasteiger partial charge in [-0.25, -0.2) is 0 Å². The normalized spacial score (nSPS) is 15.3. The van der Waals surface area contributed by atoms with Crippen molar-refractivity contribution in [2.75, 3.05) is 5.32 Å². The molecule has 0 bridgehead atoms. The summed E-state index contributed by atoms with van der Waals surface area (Å²) in [6.45, 7) is 4.00. The molecule has 0 aliphatic heterocycles. The van der Waals surface area contributed by atoms with Crippen LogP contribution in [0.2, 0.25) is 0 Å². The minimum absolute atomic E-state index is 0.152. The first-order valence-corrected chi connectivity index (χ1v) is 7.66. The van der Waals surface area contributed by atoms with Gasteiger partial charge in [-0.2, -0.15) is 0 Å². The Balaban J connectivity index is 0.000000861. The molecule has 106 valence electrons. The average Bonchev–Trinajstić information content (AvgIpc) is 2.42. The van der Waals surface area contributed by atoms with Gasteiger partial charge in [0.1, 0.15) is 5.69 Å². The highest BCUT2D eigenvalue weighted by Crippen LogP contribution is 2.30. The highest BCUT2D eigenvalue weighted by molar-refractivity contribution is 9.10. The van der Waals surface area contributed by atoms with Gasteiger partial charge in [0.15, 0.2) is 0 Å². The second-order valence-electron chi connectivity index (χ2n) is 4.40. The maximum atomic E-state index is 10.9. The third-order valence-corrected chi connectivity index (χ3v) is 3.61. The molecule has 5 heteroatoms. The van der Waals surface area contributed by atoms with Crippen molar-refractivity contribution in [3.63, 3.8) is 0 Å². The Bertz CT molecular complexity index is 418. The predicted molar refractivity (Wildman–Crippen MR) is 82.6 cm³/mol. The molecule has 1 aromatic rings. The third-order valence-electron chi connectivity index (χ3n) is 3.12. The monoisotopic (exact) mass is 328 g/mol. The molecule has 4 nitrogen and oxygen atoms in total. The fourth-order valence-corrected chi connectivity index (χ4v) is 2.61. The first-order chi connectivity index (χ1) is 9.16. The summed E-state index contributed by atoms with van der Waals surface area (Å²) >= 11 is 3.35. The van der Waals surface area contributed by atoms with Crippen molar-refractivity contribution in [2.24, 2.45) is 0 Å². The molecule has 1 N–H and O–H groups in total. The molecule has 0 saturated heterocycles. The van der Waals surface area contributed by atoms with Crippen LogP contribution in [0.3, 0.4) is 0 Å². The van der Waals surface area contributed by atoms with Gasteiger partial charge in [-0.05, 0) is 25.0 Å². The number of rotatable bonds is 3. The van der Waals surface area contributed by atoms with Crippen LogP contribution in [0, 0.1) is 10.1 Å². The summed E-state index contributed by atoms with van der Waals surface area (Å²) in [7, 11) is 0. The van der Waals surface area contributed by atoms with Crippen LogP contribution in [0.5, 0.6) is 0 Å². The second kappa shape index (κ2) is 8.15. The van der Waals surface area contributed by atoms with Gasteiger partial charge in [-0.15, -0.1) is 0 Å². The maximum Gasteiger partial charge on any atom is 0.292 e. The molecule has 1 aliphatic carbocycles. The molecule has 1 aliphatic rings. The Labute approximate surface area is 122 Å². The lowest BCUT2D eigenvalue weighted by Gasteiger charge is -2.23. The van der Waals surface area contributed by atoms with Crippen molar-refractivity contribution in [3.8, 4) is 0 Å². The Morgan fingerprint density at radius 3 is 2.47 bits per heavy atom. The van der Waals surface area contributed by atoms with Crippen molar-refractivity contribution >= 4 is 27.3 Å². The molecule has 19 heavy (non-hydrogen) atoms. The van der Waals surface area contributed by atoms with Crippen LogP contribution >= 0.6 is 15.9 Å². The zero-order chi connectivity index (χ0) is 14.3. The summed E-state index contributed by atoms with van der Waals surface area (Å²) in [5.74, 6) is 0. The maximum absolute atomic E-state index is 10.9. The number of nitro benzene ring substituents is 1. The van der Waals surface area contributed by atoms with Crippen LogP contribution in [-0.4, -0.2) is 11.0 Å².